The van der Waals surface area contributed by atoms with Crippen LogP contribution < -0.4 is 5.73 Å². The van der Waals surface area contributed by atoms with Crippen LogP contribution in [-0.2, 0) is 4.74 Å². The average molecular weight is 302 g/mol. The van der Waals surface area contributed by atoms with Crippen molar-refractivity contribution in [1.29, 1.82) is 0 Å². The van der Waals surface area contributed by atoms with E-state index in [0.29, 0.717) is 27.8 Å². The van der Waals surface area contributed by atoms with E-state index >= 15 is 0 Å². The van der Waals surface area contributed by atoms with E-state index in [0.717, 1.165) is 16.6 Å². The first kappa shape index (κ1) is 13.6. The van der Waals surface area contributed by atoms with E-state index in [-0.39, 0.29) is 0 Å². The van der Waals surface area contributed by atoms with Gasteiger partial charge < -0.3 is 14.9 Å². The zero-order chi connectivity index (χ0) is 15.0. The lowest BCUT2D eigenvalue weighted by Crippen LogP contribution is -2.04. The number of anilines is 1. The number of carbonyl (C=O) groups is 1. The van der Waals surface area contributed by atoms with Gasteiger partial charge in [0.05, 0.1) is 18.6 Å². The van der Waals surface area contributed by atoms with Crippen LogP contribution in [0.2, 0.25) is 0 Å². The summed E-state index contributed by atoms with van der Waals surface area (Å²) in [5, 5.41) is 0.739. The number of hydrogen-bond acceptors (Lipinski definition) is 6. The molecule has 0 fully saturated rings. The zero-order valence-corrected chi connectivity index (χ0v) is 12.5. The number of esters is 1. The van der Waals surface area contributed by atoms with Gasteiger partial charge in [0.15, 0.2) is 0 Å². The number of rotatable bonds is 3. The Kier molecular flexibility index (Phi) is 3.39. The predicted molar refractivity (Wildman–Crippen MR) is 82.4 cm³/mol. The molecule has 2 N–H and O–H groups in total. The SMILES string of the molecule is CCOC(=O)c1sc2nc(C)cc(-c3ccco3)c2c1N. The molecule has 3 heterocycles. The molecule has 3 aromatic heterocycles. The van der Waals surface area contributed by atoms with Gasteiger partial charge in [0.1, 0.15) is 15.5 Å². The Balaban J connectivity index is 2.27. The van der Waals surface area contributed by atoms with Crippen LogP contribution >= 0.6 is 11.3 Å². The maximum atomic E-state index is 12.0. The van der Waals surface area contributed by atoms with Gasteiger partial charge in [-0.1, -0.05) is 0 Å². The maximum Gasteiger partial charge on any atom is 0.350 e. The summed E-state index contributed by atoms with van der Waals surface area (Å²) in [5.74, 6) is 0.284. The Morgan fingerprint density at radius 2 is 2.33 bits per heavy atom. The van der Waals surface area contributed by atoms with E-state index in [4.69, 9.17) is 14.9 Å². The summed E-state index contributed by atoms with van der Waals surface area (Å²) in [4.78, 5) is 17.5. The third-order valence-corrected chi connectivity index (χ3v) is 4.15. The number of nitrogens with zero attached hydrogens (tertiary/aromatic N) is 1. The molecule has 6 heteroatoms. The van der Waals surface area contributed by atoms with Crippen LogP contribution in [0.3, 0.4) is 0 Å². The number of furan rings is 1. The first-order valence-electron chi connectivity index (χ1n) is 6.52. The number of ether oxygens (including phenoxy) is 1. The highest BCUT2D eigenvalue weighted by Crippen LogP contribution is 2.40. The molecule has 5 nitrogen and oxygen atoms in total. The fourth-order valence-electron chi connectivity index (χ4n) is 2.22. The fourth-order valence-corrected chi connectivity index (χ4v) is 3.28. The number of thiophene rings is 1. The third-order valence-electron chi connectivity index (χ3n) is 3.07. The lowest BCUT2D eigenvalue weighted by atomic mass is 10.1. The Morgan fingerprint density at radius 1 is 1.52 bits per heavy atom. The van der Waals surface area contributed by atoms with Crippen molar-refractivity contribution in [3.63, 3.8) is 0 Å². The maximum absolute atomic E-state index is 12.0. The lowest BCUT2D eigenvalue weighted by Gasteiger charge is -2.03. The van der Waals surface area contributed by atoms with E-state index in [1.807, 2.05) is 25.1 Å². The van der Waals surface area contributed by atoms with Crippen molar-refractivity contribution in [1.82, 2.24) is 4.98 Å². The van der Waals surface area contributed by atoms with Gasteiger partial charge >= 0.3 is 5.97 Å². The molecule has 0 aliphatic carbocycles. The van der Waals surface area contributed by atoms with Gasteiger partial charge in [-0.05, 0) is 32.0 Å². The number of aromatic nitrogens is 1. The number of aryl methyl sites for hydroxylation is 1. The molecule has 0 atom stereocenters. The number of nitrogen functional groups attached to an aromatic ring is 1. The van der Waals surface area contributed by atoms with Crippen LogP contribution in [0.5, 0.6) is 0 Å². The van der Waals surface area contributed by atoms with Crippen LogP contribution in [0.4, 0.5) is 5.69 Å². The summed E-state index contributed by atoms with van der Waals surface area (Å²) >= 11 is 1.25. The topological polar surface area (TPSA) is 78.3 Å². The van der Waals surface area contributed by atoms with Gasteiger partial charge in [-0.15, -0.1) is 11.3 Å². The summed E-state index contributed by atoms with van der Waals surface area (Å²) in [7, 11) is 0. The number of nitrogens with two attached hydrogens (primary N) is 1. The molecule has 3 aromatic rings. The molecule has 0 aromatic carbocycles. The van der Waals surface area contributed by atoms with E-state index in [2.05, 4.69) is 4.98 Å². The minimum atomic E-state index is -0.416. The van der Waals surface area contributed by atoms with Gasteiger partial charge in [0, 0.05) is 16.6 Å². The Labute approximate surface area is 125 Å². The first-order chi connectivity index (χ1) is 10.1. The van der Waals surface area contributed by atoms with E-state index < -0.39 is 5.97 Å². The standard InChI is InChI=1S/C15H14N2O3S/c1-3-19-15(18)13-12(16)11-9(10-5-4-6-20-10)7-8(2)17-14(11)21-13/h4-7H,3,16H2,1-2H3. The molecule has 0 bridgehead atoms. The van der Waals surface area contributed by atoms with E-state index in [1.54, 1.807) is 13.2 Å². The second kappa shape index (κ2) is 5.21. The summed E-state index contributed by atoms with van der Waals surface area (Å²) < 4.78 is 10.5. The molecule has 0 radical (unpaired) electrons. The van der Waals surface area contributed by atoms with Crippen molar-refractivity contribution < 1.29 is 13.9 Å². The Hall–Kier alpha value is -2.34. The second-order valence-corrected chi connectivity index (χ2v) is 5.53. The van der Waals surface area contributed by atoms with Gasteiger partial charge in [0.25, 0.3) is 0 Å². The third kappa shape index (κ3) is 2.27. The van der Waals surface area contributed by atoms with Crippen molar-refractivity contribution >= 4 is 33.2 Å². The average Bonchev–Trinajstić information content (AvgIpc) is 3.06. The molecular weight excluding hydrogens is 288 g/mol. The zero-order valence-electron chi connectivity index (χ0n) is 11.7. The smallest absolute Gasteiger partial charge is 0.350 e. The number of carbonyl (C=O) groups excluding carboxylic acids is 1. The van der Waals surface area contributed by atoms with Crippen LogP contribution in [0.25, 0.3) is 21.5 Å². The normalized spacial score (nSPS) is 11.0. The highest BCUT2D eigenvalue weighted by atomic mass is 32.1. The molecule has 0 amide bonds. The number of pyridine rings is 1. The van der Waals surface area contributed by atoms with Crippen molar-refractivity contribution in [3.05, 3.63) is 35.0 Å². The molecular formula is C15H14N2O3S. The molecule has 21 heavy (non-hydrogen) atoms. The number of fused-ring (bicyclic) bond motifs is 1. The Morgan fingerprint density at radius 3 is 3.00 bits per heavy atom. The van der Waals surface area contributed by atoms with Crippen LogP contribution in [-0.4, -0.2) is 17.6 Å². The minimum absolute atomic E-state index is 0.310. The second-order valence-electron chi connectivity index (χ2n) is 4.53. The first-order valence-corrected chi connectivity index (χ1v) is 7.34. The van der Waals surface area contributed by atoms with Gasteiger partial charge in [0.2, 0.25) is 0 Å². The van der Waals surface area contributed by atoms with E-state index in [9.17, 15) is 4.79 Å². The molecule has 0 aliphatic rings. The van der Waals surface area contributed by atoms with Crippen molar-refractivity contribution in [2.24, 2.45) is 0 Å². The largest absolute Gasteiger partial charge is 0.464 e. The summed E-state index contributed by atoms with van der Waals surface area (Å²) in [6, 6.07) is 5.57. The molecule has 0 aliphatic heterocycles. The molecule has 3 rings (SSSR count). The highest BCUT2D eigenvalue weighted by Gasteiger charge is 2.22. The van der Waals surface area contributed by atoms with Gasteiger partial charge in [-0.2, -0.15) is 0 Å². The van der Waals surface area contributed by atoms with Crippen molar-refractivity contribution in [3.8, 4) is 11.3 Å². The van der Waals surface area contributed by atoms with Crippen LogP contribution in [0.1, 0.15) is 22.3 Å². The molecule has 0 saturated carbocycles. The van der Waals surface area contributed by atoms with E-state index in [1.165, 1.54) is 11.3 Å². The quantitative estimate of drug-likeness (QED) is 0.747. The van der Waals surface area contributed by atoms with Crippen LogP contribution in [0, 0.1) is 6.92 Å². The highest BCUT2D eigenvalue weighted by molar-refractivity contribution is 7.21. The van der Waals surface area contributed by atoms with Gasteiger partial charge in [-0.3, -0.25) is 0 Å². The molecule has 108 valence electrons. The monoisotopic (exact) mass is 302 g/mol. The molecule has 0 spiro atoms. The van der Waals surface area contributed by atoms with Crippen LogP contribution in [0.15, 0.2) is 28.9 Å². The fraction of sp³-hybridized carbons (Fsp3) is 0.200. The Bertz CT molecular complexity index is 806. The van der Waals surface area contributed by atoms with Crippen molar-refractivity contribution in [2.45, 2.75) is 13.8 Å². The van der Waals surface area contributed by atoms with Gasteiger partial charge in [-0.25, -0.2) is 9.78 Å². The summed E-state index contributed by atoms with van der Waals surface area (Å²) in [5.41, 5.74) is 8.23. The lowest BCUT2D eigenvalue weighted by molar-refractivity contribution is 0.0533. The summed E-state index contributed by atoms with van der Waals surface area (Å²) in [6.07, 6.45) is 1.60. The molecule has 0 saturated heterocycles. The predicted octanol–water partition coefficient (Wildman–Crippen LogP) is 3.62. The minimum Gasteiger partial charge on any atom is -0.464 e. The van der Waals surface area contributed by atoms with Crippen molar-refractivity contribution in [2.75, 3.05) is 12.3 Å². The number of hydrogen-bond donors (Lipinski definition) is 1. The molecule has 0 unspecified atom stereocenters. The summed E-state index contributed by atoms with van der Waals surface area (Å²) in [6.45, 7) is 3.97.